The molecule has 0 aliphatic heterocycles. The van der Waals surface area contributed by atoms with E-state index >= 15 is 0 Å². The number of phosphoric ester groups is 4. The summed E-state index contributed by atoms with van der Waals surface area (Å²) in [6.07, 6.45) is 10.4. The summed E-state index contributed by atoms with van der Waals surface area (Å²) in [5.41, 5.74) is 0. The molecule has 1 saturated carbocycles. The largest absolute Gasteiger partial charge is 0.472 e. The van der Waals surface area contributed by atoms with Crippen LogP contribution in [0.4, 0.5) is 0 Å². The van der Waals surface area contributed by atoms with Crippen molar-refractivity contribution >= 4 is 43.2 Å². The molecule has 26 heteroatoms. The fourth-order valence-electron chi connectivity index (χ4n) is 7.67. The Morgan fingerprint density at radius 1 is 0.418 bits per heavy atom. The second-order valence-electron chi connectivity index (χ2n) is 17.3. The first-order chi connectivity index (χ1) is 31.5. The van der Waals surface area contributed by atoms with E-state index in [0.717, 1.165) is 64.2 Å². The molecule has 398 valence electrons. The number of rotatable bonds is 42. The first-order valence-corrected chi connectivity index (χ1v) is 30.2. The molecule has 0 aromatic rings. The van der Waals surface area contributed by atoms with Gasteiger partial charge in [-0.2, -0.15) is 0 Å². The molecule has 67 heavy (non-hydrogen) atoms. The average molecular weight is 1050 g/mol. The standard InChI is InChI=1S/C41H82O22P4/c1-3-5-7-9-11-13-15-17-19-21-23-25-27-29-34(42)57-31-33(59-35(43)30-28-26-24-22-20-18-16-14-12-10-8-6-4-2)32-58-67(55,56)63-38-36(44)39(60-64(46,47)48)41(62-66(52,53)54)40(37(38)45)61-65(49,50)51/h33,36-41,44-45H,3-32H2,1-2H3,(H,55,56)(H2,46,47,48)(H2,49,50,51)(H2,52,53,54)/t33-,36-,37-,38?,39-,40+,41?/m0/s1. The van der Waals surface area contributed by atoms with Crippen LogP contribution in [-0.2, 0) is 59.9 Å². The molecule has 3 unspecified atom stereocenters. The molecular formula is C41H82O22P4. The van der Waals surface area contributed by atoms with Crippen molar-refractivity contribution in [2.24, 2.45) is 0 Å². The summed E-state index contributed by atoms with van der Waals surface area (Å²) in [6.45, 7) is 2.75. The fourth-order valence-corrected chi connectivity index (χ4v) is 10.3. The van der Waals surface area contributed by atoms with Crippen molar-refractivity contribution in [3.8, 4) is 0 Å². The summed E-state index contributed by atoms with van der Waals surface area (Å²) >= 11 is 0. The molecule has 0 amide bonds. The molecule has 0 bridgehead atoms. The number of hydrogen-bond donors (Lipinski definition) is 9. The third-order valence-corrected chi connectivity index (χ3v) is 13.7. The zero-order chi connectivity index (χ0) is 50.4. The predicted molar refractivity (Wildman–Crippen MR) is 245 cm³/mol. The highest BCUT2D eigenvalue weighted by atomic mass is 31.2. The van der Waals surface area contributed by atoms with Gasteiger partial charge in [-0.05, 0) is 12.8 Å². The SMILES string of the molecule is CCCCCCCCCCCCCCCC(=O)OC[C@@H](COP(=O)(O)OC1[C@H](O)[C@H](OP(=O)(O)O)C(OP(=O)(O)O)[C@H](OP(=O)(O)O)[C@H]1O)OC(=O)CCCCCCCCCCCCCCC. The van der Waals surface area contributed by atoms with Crippen LogP contribution in [0.5, 0.6) is 0 Å². The van der Waals surface area contributed by atoms with Crippen molar-refractivity contribution in [3.05, 3.63) is 0 Å². The van der Waals surface area contributed by atoms with Crippen molar-refractivity contribution in [2.45, 2.75) is 236 Å². The molecule has 0 aromatic carbocycles. The van der Waals surface area contributed by atoms with Crippen LogP contribution in [0.25, 0.3) is 0 Å². The van der Waals surface area contributed by atoms with Gasteiger partial charge in [0.05, 0.1) is 6.61 Å². The molecule has 1 rings (SSSR count). The normalized spacial score (nSPS) is 21.8. The Hall–Kier alpha value is -0.700. The molecule has 9 N–H and O–H groups in total. The molecule has 8 atom stereocenters. The highest BCUT2D eigenvalue weighted by Gasteiger charge is 2.59. The third kappa shape index (κ3) is 33.6. The predicted octanol–water partition coefficient (Wildman–Crippen LogP) is 8.08. The lowest BCUT2D eigenvalue weighted by Crippen LogP contribution is -2.65. The Balaban J connectivity index is 2.91. The Morgan fingerprint density at radius 3 is 1.07 bits per heavy atom. The maximum atomic E-state index is 13.3. The Labute approximate surface area is 396 Å². The van der Waals surface area contributed by atoms with E-state index in [2.05, 4.69) is 27.4 Å². The fraction of sp³-hybridized carbons (Fsp3) is 0.951. The molecule has 1 fully saturated rings. The molecule has 1 aliphatic rings. The second-order valence-corrected chi connectivity index (χ2v) is 22.3. The summed E-state index contributed by atoms with van der Waals surface area (Å²) in [5, 5.41) is 21.8. The molecule has 0 heterocycles. The van der Waals surface area contributed by atoms with Gasteiger partial charge in [-0.15, -0.1) is 0 Å². The zero-order valence-electron chi connectivity index (χ0n) is 39.4. The van der Waals surface area contributed by atoms with E-state index in [1.807, 2.05) is 0 Å². The van der Waals surface area contributed by atoms with Gasteiger partial charge in [0.15, 0.2) is 6.10 Å². The zero-order valence-corrected chi connectivity index (χ0v) is 43.0. The summed E-state index contributed by atoms with van der Waals surface area (Å²) in [4.78, 5) is 92.7. The minimum absolute atomic E-state index is 0.0414. The van der Waals surface area contributed by atoms with Crippen LogP contribution in [0.1, 0.15) is 194 Å². The van der Waals surface area contributed by atoms with Gasteiger partial charge in [0.25, 0.3) is 0 Å². The number of hydrogen-bond acceptors (Lipinski definition) is 15. The van der Waals surface area contributed by atoms with Gasteiger partial charge >= 0.3 is 43.2 Å². The quantitative estimate of drug-likeness (QED) is 0.0158. The minimum atomic E-state index is -5.78. The molecule has 22 nitrogen and oxygen atoms in total. The van der Waals surface area contributed by atoms with E-state index in [1.165, 1.54) is 89.9 Å². The molecule has 0 aromatic heterocycles. The lowest BCUT2D eigenvalue weighted by Gasteiger charge is -2.45. The topological polar surface area (TPSA) is 349 Å². The van der Waals surface area contributed by atoms with E-state index in [0.29, 0.717) is 12.8 Å². The van der Waals surface area contributed by atoms with Crippen molar-refractivity contribution in [1.82, 2.24) is 0 Å². The maximum absolute atomic E-state index is 13.3. The number of esters is 2. The molecule has 0 radical (unpaired) electrons. The Kier molecular flexibility index (Phi) is 34.0. The van der Waals surface area contributed by atoms with Crippen LogP contribution in [0.3, 0.4) is 0 Å². The first kappa shape index (κ1) is 64.3. The Bertz CT molecular complexity index is 1480. The lowest BCUT2D eigenvalue weighted by molar-refractivity contribution is -0.209. The Morgan fingerprint density at radius 2 is 0.731 bits per heavy atom. The number of carbonyl (C=O) groups is 2. The van der Waals surface area contributed by atoms with Gasteiger partial charge in [0.1, 0.15) is 43.2 Å². The molecule has 0 spiro atoms. The highest BCUT2D eigenvalue weighted by Crippen LogP contribution is 2.53. The van der Waals surface area contributed by atoms with Crippen LogP contribution in [0.15, 0.2) is 0 Å². The van der Waals surface area contributed by atoms with E-state index in [-0.39, 0.29) is 12.8 Å². The monoisotopic (exact) mass is 1050 g/mol. The van der Waals surface area contributed by atoms with E-state index in [9.17, 15) is 72.3 Å². The summed E-state index contributed by atoms with van der Waals surface area (Å²) in [7, 11) is -23.0. The average Bonchev–Trinajstić information content (AvgIpc) is 3.22. The van der Waals surface area contributed by atoms with Crippen LogP contribution in [0.2, 0.25) is 0 Å². The van der Waals surface area contributed by atoms with Crippen molar-refractivity contribution in [2.75, 3.05) is 13.2 Å². The van der Waals surface area contributed by atoms with Gasteiger partial charge in [-0.3, -0.25) is 32.2 Å². The molecular weight excluding hydrogens is 968 g/mol. The van der Waals surface area contributed by atoms with E-state index < -0.39 is 99.2 Å². The van der Waals surface area contributed by atoms with Crippen molar-refractivity contribution in [3.63, 3.8) is 0 Å². The smallest absolute Gasteiger partial charge is 0.462 e. The summed E-state index contributed by atoms with van der Waals surface area (Å²) in [5.74, 6) is -1.39. The minimum Gasteiger partial charge on any atom is -0.462 e. The van der Waals surface area contributed by atoms with Crippen molar-refractivity contribution in [1.29, 1.82) is 0 Å². The molecule has 1 aliphatic carbocycles. The summed E-state index contributed by atoms with van der Waals surface area (Å²) in [6, 6.07) is 0. The van der Waals surface area contributed by atoms with E-state index in [4.69, 9.17) is 18.5 Å². The van der Waals surface area contributed by atoms with Crippen molar-refractivity contribution < 1.29 is 104 Å². The van der Waals surface area contributed by atoms with Crippen LogP contribution >= 0.6 is 31.3 Å². The number of aliphatic hydroxyl groups excluding tert-OH is 2. The van der Waals surface area contributed by atoms with Gasteiger partial charge in [0, 0.05) is 12.8 Å². The number of unbranched alkanes of at least 4 members (excludes halogenated alkanes) is 24. The van der Waals surface area contributed by atoms with Gasteiger partial charge in [-0.1, -0.05) is 168 Å². The van der Waals surface area contributed by atoms with Gasteiger partial charge < -0.3 is 53.9 Å². The number of carbonyl (C=O) groups excluding carboxylic acids is 2. The highest BCUT2D eigenvalue weighted by molar-refractivity contribution is 7.47. The number of ether oxygens (including phenoxy) is 2. The van der Waals surface area contributed by atoms with Crippen LogP contribution < -0.4 is 0 Å². The van der Waals surface area contributed by atoms with Gasteiger partial charge in [0.2, 0.25) is 0 Å². The first-order valence-electron chi connectivity index (χ1n) is 24.1. The number of phosphoric acid groups is 4. The van der Waals surface area contributed by atoms with E-state index in [1.54, 1.807) is 0 Å². The van der Waals surface area contributed by atoms with Gasteiger partial charge in [-0.25, -0.2) is 18.3 Å². The second kappa shape index (κ2) is 35.4. The number of aliphatic hydroxyl groups is 2. The van der Waals surface area contributed by atoms with Crippen LogP contribution in [0, 0.1) is 0 Å². The van der Waals surface area contributed by atoms with Crippen LogP contribution in [-0.4, -0.2) is 112 Å². The maximum Gasteiger partial charge on any atom is 0.472 e. The third-order valence-electron chi connectivity index (χ3n) is 11.1. The lowest BCUT2D eigenvalue weighted by atomic mass is 9.85. The molecule has 0 saturated heterocycles. The summed E-state index contributed by atoms with van der Waals surface area (Å²) < 4.78 is 82.1.